The lowest BCUT2D eigenvalue weighted by molar-refractivity contribution is 0.624. The Morgan fingerprint density at radius 1 is 1.21 bits per heavy atom. The number of furan rings is 1. The molecule has 0 saturated heterocycles. The number of para-hydroxylation sites is 1. The highest BCUT2D eigenvalue weighted by atomic mass is 16.3. The minimum atomic E-state index is 0.548. The van der Waals surface area contributed by atoms with E-state index < -0.39 is 0 Å². The van der Waals surface area contributed by atoms with Crippen LogP contribution in [0.4, 0.5) is 0 Å². The Kier molecular flexibility index (Phi) is 3.24. The van der Waals surface area contributed by atoms with E-state index in [4.69, 9.17) is 4.42 Å². The maximum absolute atomic E-state index is 5.84. The zero-order chi connectivity index (χ0) is 13.2. The first-order valence-corrected chi connectivity index (χ1v) is 7.07. The molecule has 2 heterocycles. The van der Waals surface area contributed by atoms with E-state index in [0.717, 1.165) is 11.3 Å². The molecule has 2 heteroatoms. The summed E-state index contributed by atoms with van der Waals surface area (Å²) < 4.78 is 5.84. The summed E-state index contributed by atoms with van der Waals surface area (Å²) in [6.45, 7) is 4.54. The van der Waals surface area contributed by atoms with Crippen LogP contribution in [0.25, 0.3) is 22.1 Å². The van der Waals surface area contributed by atoms with Gasteiger partial charge in [0.15, 0.2) is 0 Å². The van der Waals surface area contributed by atoms with Crippen molar-refractivity contribution < 1.29 is 4.42 Å². The highest BCUT2D eigenvalue weighted by Gasteiger charge is 2.15. The molecule has 1 atom stereocenters. The largest absolute Gasteiger partial charge is 0.438 e. The first-order valence-electron chi connectivity index (χ1n) is 7.07. The van der Waals surface area contributed by atoms with E-state index in [-0.39, 0.29) is 0 Å². The Morgan fingerprint density at radius 3 is 2.89 bits per heavy atom. The Morgan fingerprint density at radius 2 is 2.05 bits per heavy atom. The van der Waals surface area contributed by atoms with Crippen LogP contribution in [0.15, 0.2) is 40.9 Å². The number of benzene rings is 1. The van der Waals surface area contributed by atoms with Gasteiger partial charge in [0.25, 0.3) is 0 Å². The van der Waals surface area contributed by atoms with Gasteiger partial charge in [-0.1, -0.05) is 44.9 Å². The number of aromatic nitrogens is 1. The second-order valence-corrected chi connectivity index (χ2v) is 5.22. The van der Waals surface area contributed by atoms with Crippen LogP contribution in [0.2, 0.25) is 0 Å². The number of hydrogen-bond donors (Lipinski definition) is 0. The van der Waals surface area contributed by atoms with Gasteiger partial charge in [-0.25, -0.2) is 4.98 Å². The van der Waals surface area contributed by atoms with Crippen molar-refractivity contribution in [3.63, 3.8) is 0 Å². The highest BCUT2D eigenvalue weighted by Crippen LogP contribution is 2.34. The number of pyridine rings is 1. The molecular weight excluding hydrogens is 234 g/mol. The number of nitrogens with zero attached hydrogens (tertiary/aromatic N) is 1. The molecule has 2 aromatic heterocycles. The molecule has 98 valence electrons. The number of hydrogen-bond acceptors (Lipinski definition) is 2. The Hall–Kier alpha value is -1.83. The van der Waals surface area contributed by atoms with Gasteiger partial charge >= 0.3 is 0 Å². The summed E-state index contributed by atoms with van der Waals surface area (Å²) >= 11 is 0. The monoisotopic (exact) mass is 253 g/mol. The zero-order valence-electron chi connectivity index (χ0n) is 11.5. The van der Waals surface area contributed by atoms with Crippen LogP contribution in [0.5, 0.6) is 0 Å². The van der Waals surface area contributed by atoms with Crippen LogP contribution < -0.4 is 0 Å². The van der Waals surface area contributed by atoms with Crippen LogP contribution in [0.3, 0.4) is 0 Å². The molecule has 0 aliphatic carbocycles. The van der Waals surface area contributed by atoms with Gasteiger partial charge in [0.2, 0.25) is 5.71 Å². The summed E-state index contributed by atoms with van der Waals surface area (Å²) in [6, 6.07) is 10.3. The molecule has 2 nitrogen and oxygen atoms in total. The summed E-state index contributed by atoms with van der Waals surface area (Å²) in [7, 11) is 0. The molecule has 0 aliphatic heterocycles. The fourth-order valence-electron chi connectivity index (χ4n) is 2.75. The van der Waals surface area contributed by atoms with Crippen LogP contribution >= 0.6 is 0 Å². The van der Waals surface area contributed by atoms with Crippen molar-refractivity contribution >= 4 is 22.1 Å². The SMILES string of the molecule is CCCC[C@H](C)c1ccnc2oc3ccccc3c12. The molecular formula is C17H19NO. The smallest absolute Gasteiger partial charge is 0.227 e. The molecule has 0 bridgehead atoms. The Labute approximate surface area is 113 Å². The minimum absolute atomic E-state index is 0.548. The van der Waals surface area contributed by atoms with Crippen molar-refractivity contribution in [2.75, 3.05) is 0 Å². The van der Waals surface area contributed by atoms with Gasteiger partial charge in [-0.2, -0.15) is 0 Å². The lowest BCUT2D eigenvalue weighted by atomic mass is 9.93. The van der Waals surface area contributed by atoms with Crippen molar-refractivity contribution in [1.29, 1.82) is 0 Å². The molecule has 0 amide bonds. The molecule has 1 aromatic carbocycles. The third kappa shape index (κ3) is 2.12. The number of fused-ring (bicyclic) bond motifs is 3. The maximum Gasteiger partial charge on any atom is 0.227 e. The van der Waals surface area contributed by atoms with Gasteiger partial charge in [0.1, 0.15) is 5.58 Å². The lowest BCUT2D eigenvalue weighted by Gasteiger charge is -2.12. The fraction of sp³-hybridized carbons (Fsp3) is 0.353. The summed E-state index contributed by atoms with van der Waals surface area (Å²) in [5, 5.41) is 2.38. The van der Waals surface area contributed by atoms with E-state index >= 15 is 0 Å². The van der Waals surface area contributed by atoms with Crippen molar-refractivity contribution in [3.8, 4) is 0 Å². The Bertz CT molecular complexity index is 699. The molecule has 3 aromatic rings. The van der Waals surface area contributed by atoms with Gasteiger partial charge in [-0.3, -0.25) is 0 Å². The van der Waals surface area contributed by atoms with Crippen LogP contribution in [-0.2, 0) is 0 Å². The van der Waals surface area contributed by atoms with Gasteiger partial charge in [-0.15, -0.1) is 0 Å². The molecule has 0 radical (unpaired) electrons. The van der Waals surface area contributed by atoms with Crippen LogP contribution in [0, 0.1) is 0 Å². The highest BCUT2D eigenvalue weighted by molar-refractivity contribution is 6.05. The van der Waals surface area contributed by atoms with E-state index in [9.17, 15) is 0 Å². The predicted molar refractivity (Wildman–Crippen MR) is 79.5 cm³/mol. The molecule has 0 N–H and O–H groups in total. The minimum Gasteiger partial charge on any atom is -0.438 e. The van der Waals surface area contributed by atoms with Crippen molar-refractivity contribution in [2.24, 2.45) is 0 Å². The summed E-state index contributed by atoms with van der Waals surface area (Å²) in [5.74, 6) is 0.548. The van der Waals surface area contributed by atoms with Crippen molar-refractivity contribution in [1.82, 2.24) is 4.98 Å². The number of rotatable bonds is 4. The van der Waals surface area contributed by atoms with Gasteiger partial charge in [-0.05, 0) is 30.0 Å². The second kappa shape index (κ2) is 5.04. The average molecular weight is 253 g/mol. The predicted octanol–water partition coefficient (Wildman–Crippen LogP) is 5.27. The third-order valence-electron chi connectivity index (χ3n) is 3.83. The summed E-state index contributed by atoms with van der Waals surface area (Å²) in [5.41, 5.74) is 3.06. The molecule has 19 heavy (non-hydrogen) atoms. The van der Waals surface area contributed by atoms with Gasteiger partial charge in [0, 0.05) is 11.6 Å². The second-order valence-electron chi connectivity index (χ2n) is 5.22. The van der Waals surface area contributed by atoms with Crippen molar-refractivity contribution in [2.45, 2.75) is 39.0 Å². The Balaban J connectivity index is 2.18. The molecule has 0 aliphatic rings. The molecule has 0 unspecified atom stereocenters. The first-order chi connectivity index (χ1) is 9.31. The molecule has 3 rings (SSSR count). The van der Waals surface area contributed by atoms with Gasteiger partial charge < -0.3 is 4.42 Å². The van der Waals surface area contributed by atoms with E-state index in [1.54, 1.807) is 0 Å². The van der Waals surface area contributed by atoms with E-state index in [2.05, 4.69) is 37.0 Å². The van der Waals surface area contributed by atoms with Crippen LogP contribution in [-0.4, -0.2) is 4.98 Å². The normalized spacial score (nSPS) is 13.2. The zero-order valence-corrected chi connectivity index (χ0v) is 11.5. The van der Waals surface area contributed by atoms with Crippen molar-refractivity contribution in [3.05, 3.63) is 42.1 Å². The first kappa shape index (κ1) is 12.2. The van der Waals surface area contributed by atoms with Gasteiger partial charge in [0.05, 0.1) is 5.39 Å². The third-order valence-corrected chi connectivity index (χ3v) is 3.83. The number of unbranched alkanes of at least 4 members (excludes halogenated alkanes) is 1. The van der Waals surface area contributed by atoms with Crippen LogP contribution in [0.1, 0.15) is 44.6 Å². The fourth-order valence-corrected chi connectivity index (χ4v) is 2.75. The average Bonchev–Trinajstić information content (AvgIpc) is 2.83. The quantitative estimate of drug-likeness (QED) is 0.632. The maximum atomic E-state index is 5.84. The molecule has 0 fully saturated rings. The molecule has 0 spiro atoms. The standard InChI is InChI=1S/C17H19NO/c1-3-4-7-12(2)13-10-11-18-17-16(13)14-8-5-6-9-15(14)19-17/h5-6,8-12H,3-4,7H2,1-2H3/t12-/m0/s1. The van der Waals surface area contributed by atoms with E-state index in [1.165, 1.54) is 35.6 Å². The lowest BCUT2D eigenvalue weighted by Crippen LogP contribution is -1.95. The summed E-state index contributed by atoms with van der Waals surface area (Å²) in [4.78, 5) is 4.38. The summed E-state index contributed by atoms with van der Waals surface area (Å²) in [6.07, 6.45) is 5.59. The van der Waals surface area contributed by atoms with E-state index in [0.29, 0.717) is 5.92 Å². The van der Waals surface area contributed by atoms with E-state index in [1.807, 2.05) is 18.3 Å². The molecule has 0 saturated carbocycles. The topological polar surface area (TPSA) is 26.0 Å².